The van der Waals surface area contributed by atoms with Gasteiger partial charge in [-0.2, -0.15) is 0 Å². The van der Waals surface area contributed by atoms with Crippen LogP contribution in [0.25, 0.3) is 0 Å². The molecule has 2 aliphatic heterocycles. The third kappa shape index (κ3) is 2.92. The molecule has 1 atom stereocenters. The fourth-order valence-electron chi connectivity index (χ4n) is 3.86. The van der Waals surface area contributed by atoms with Gasteiger partial charge in [-0.1, -0.05) is 6.07 Å². The molecule has 2 fully saturated rings. The molecule has 136 valence electrons. The van der Waals surface area contributed by atoms with Crippen LogP contribution in [0.4, 0.5) is 16.0 Å². The van der Waals surface area contributed by atoms with E-state index in [1.54, 1.807) is 17.0 Å². The molecule has 3 heterocycles. The molecule has 26 heavy (non-hydrogen) atoms. The average Bonchev–Trinajstić information content (AvgIpc) is 3.04. The number of nitrogens with zero attached hydrogens (tertiary/aromatic N) is 5. The zero-order chi connectivity index (χ0) is 18.3. The lowest BCUT2D eigenvalue weighted by Crippen LogP contribution is -2.64. The second-order valence-electron chi connectivity index (χ2n) is 7.27. The van der Waals surface area contributed by atoms with Crippen molar-refractivity contribution >= 4 is 17.5 Å². The van der Waals surface area contributed by atoms with Crippen LogP contribution < -0.4 is 9.80 Å². The Morgan fingerprint density at radius 1 is 1.19 bits per heavy atom. The summed E-state index contributed by atoms with van der Waals surface area (Å²) < 4.78 is 13.6. The van der Waals surface area contributed by atoms with Gasteiger partial charge in [-0.15, -0.1) is 0 Å². The molecule has 2 aromatic rings. The first kappa shape index (κ1) is 16.9. The van der Waals surface area contributed by atoms with E-state index in [-0.39, 0.29) is 17.3 Å². The van der Waals surface area contributed by atoms with Gasteiger partial charge < -0.3 is 9.80 Å². The van der Waals surface area contributed by atoms with Crippen LogP contribution in [0.3, 0.4) is 0 Å². The normalized spacial score (nSPS) is 23.9. The minimum absolute atomic E-state index is 0.00578. The van der Waals surface area contributed by atoms with Crippen LogP contribution >= 0.6 is 0 Å². The van der Waals surface area contributed by atoms with Crippen molar-refractivity contribution in [2.45, 2.75) is 18.9 Å². The second-order valence-corrected chi connectivity index (χ2v) is 7.27. The molecule has 1 aromatic heterocycles. The van der Waals surface area contributed by atoms with Crippen LogP contribution in [-0.4, -0.2) is 59.5 Å². The number of carbonyl (C=O) groups excluding carboxylic acids is 1. The lowest BCUT2D eigenvalue weighted by molar-refractivity contribution is -0.123. The lowest BCUT2D eigenvalue weighted by atomic mass is 9.92. The summed E-state index contributed by atoms with van der Waals surface area (Å²) in [4.78, 5) is 27.4. The van der Waals surface area contributed by atoms with E-state index in [0.717, 1.165) is 31.0 Å². The number of hydrogen-bond acceptors (Lipinski definition) is 5. The zero-order valence-corrected chi connectivity index (χ0v) is 15.0. The maximum Gasteiger partial charge on any atom is 0.241 e. The van der Waals surface area contributed by atoms with Crippen LogP contribution in [0.1, 0.15) is 12.0 Å². The first-order chi connectivity index (χ1) is 12.5. The maximum atomic E-state index is 13.6. The van der Waals surface area contributed by atoms with Gasteiger partial charge in [-0.3, -0.25) is 9.69 Å². The van der Waals surface area contributed by atoms with E-state index in [1.165, 1.54) is 12.1 Å². The van der Waals surface area contributed by atoms with E-state index in [2.05, 4.69) is 19.8 Å². The van der Waals surface area contributed by atoms with Crippen molar-refractivity contribution in [2.24, 2.45) is 0 Å². The molecule has 0 saturated carbocycles. The number of aryl methyl sites for hydroxylation is 1. The van der Waals surface area contributed by atoms with Crippen molar-refractivity contribution in [2.75, 3.05) is 43.0 Å². The van der Waals surface area contributed by atoms with Crippen molar-refractivity contribution in [1.82, 2.24) is 14.9 Å². The smallest absolute Gasteiger partial charge is 0.241 e. The minimum atomic E-state index is -0.329. The molecular weight excluding hydrogens is 333 g/mol. The Labute approximate surface area is 152 Å². The van der Waals surface area contributed by atoms with Crippen LogP contribution in [0, 0.1) is 12.7 Å². The molecule has 0 N–H and O–H groups in total. The molecule has 6 nitrogen and oxygen atoms in total. The summed E-state index contributed by atoms with van der Waals surface area (Å²) >= 11 is 0. The van der Waals surface area contributed by atoms with Crippen LogP contribution in [0.2, 0.25) is 0 Å². The maximum absolute atomic E-state index is 13.6. The van der Waals surface area contributed by atoms with Crippen molar-refractivity contribution in [3.05, 3.63) is 48.0 Å². The minimum Gasteiger partial charge on any atom is -0.339 e. The van der Waals surface area contributed by atoms with E-state index in [1.807, 2.05) is 26.4 Å². The van der Waals surface area contributed by atoms with Gasteiger partial charge >= 0.3 is 0 Å². The molecule has 2 aliphatic rings. The Morgan fingerprint density at radius 2 is 1.96 bits per heavy atom. The monoisotopic (exact) mass is 355 g/mol. The molecule has 0 bridgehead atoms. The predicted octanol–water partition coefficient (Wildman–Crippen LogP) is 1.85. The summed E-state index contributed by atoms with van der Waals surface area (Å²) in [7, 11) is 1.99. The molecule has 7 heteroatoms. The Morgan fingerprint density at radius 3 is 2.69 bits per heavy atom. The van der Waals surface area contributed by atoms with Gasteiger partial charge in [-0.25, -0.2) is 14.4 Å². The number of piperazine rings is 1. The van der Waals surface area contributed by atoms with Crippen molar-refractivity contribution in [3.63, 3.8) is 0 Å². The number of halogens is 1. The number of aromatic nitrogens is 2. The number of likely N-dealkylation sites (N-methyl/N-ethyl adjacent to an activating group) is 1. The van der Waals surface area contributed by atoms with Gasteiger partial charge in [0.15, 0.2) is 0 Å². The third-order valence-corrected chi connectivity index (χ3v) is 5.44. The summed E-state index contributed by atoms with van der Waals surface area (Å²) in [6, 6.07) is 6.25. The highest BCUT2D eigenvalue weighted by Gasteiger charge is 2.48. The Kier molecular flexibility index (Phi) is 4.11. The zero-order valence-electron chi connectivity index (χ0n) is 15.0. The molecule has 1 unspecified atom stereocenters. The third-order valence-electron chi connectivity index (χ3n) is 5.44. The molecule has 4 rings (SSSR count). The van der Waals surface area contributed by atoms with Gasteiger partial charge in [0.1, 0.15) is 5.82 Å². The highest BCUT2D eigenvalue weighted by Crippen LogP contribution is 2.34. The predicted molar refractivity (Wildman–Crippen MR) is 97.7 cm³/mol. The summed E-state index contributed by atoms with van der Waals surface area (Å²) in [5.41, 5.74) is 1.46. The summed E-state index contributed by atoms with van der Waals surface area (Å²) in [6.07, 6.45) is 4.54. The number of hydrogen-bond donors (Lipinski definition) is 0. The number of anilines is 2. The Bertz CT molecular complexity index is 827. The average molecular weight is 355 g/mol. The molecular formula is C19H22FN5O. The van der Waals surface area contributed by atoms with Gasteiger partial charge in [0.25, 0.3) is 0 Å². The first-order valence-electron chi connectivity index (χ1n) is 8.78. The largest absolute Gasteiger partial charge is 0.339 e. The van der Waals surface area contributed by atoms with E-state index in [0.29, 0.717) is 18.8 Å². The SMILES string of the molecule is Cc1cnc(N2CCC3(C2)CN(c2cccc(F)c2)C(=O)CN3C)nc1. The van der Waals surface area contributed by atoms with E-state index in [9.17, 15) is 9.18 Å². The van der Waals surface area contributed by atoms with Crippen molar-refractivity contribution in [3.8, 4) is 0 Å². The highest BCUT2D eigenvalue weighted by atomic mass is 19.1. The summed E-state index contributed by atoms with van der Waals surface area (Å²) in [5.74, 6) is 0.383. The van der Waals surface area contributed by atoms with Gasteiger partial charge in [0.2, 0.25) is 11.9 Å². The Balaban J connectivity index is 1.59. The molecule has 2 saturated heterocycles. The fraction of sp³-hybridized carbons (Fsp3) is 0.421. The lowest BCUT2D eigenvalue weighted by Gasteiger charge is -2.46. The van der Waals surface area contributed by atoms with Crippen molar-refractivity contribution in [1.29, 1.82) is 0 Å². The topological polar surface area (TPSA) is 52.6 Å². The summed E-state index contributed by atoms with van der Waals surface area (Å²) in [6.45, 7) is 4.39. The van der Waals surface area contributed by atoms with E-state index >= 15 is 0 Å². The molecule has 0 radical (unpaired) electrons. The van der Waals surface area contributed by atoms with Crippen LogP contribution in [-0.2, 0) is 4.79 Å². The number of rotatable bonds is 2. The number of amides is 1. The molecule has 1 aromatic carbocycles. The quantitative estimate of drug-likeness (QED) is 0.823. The Hall–Kier alpha value is -2.54. The molecule has 0 aliphatic carbocycles. The second kappa shape index (κ2) is 6.32. The number of carbonyl (C=O) groups is 1. The number of benzene rings is 1. The molecule has 1 amide bonds. The van der Waals surface area contributed by atoms with E-state index in [4.69, 9.17) is 0 Å². The van der Waals surface area contributed by atoms with Gasteiger partial charge in [-0.05, 0) is 44.2 Å². The van der Waals surface area contributed by atoms with Gasteiger partial charge in [0, 0.05) is 37.7 Å². The summed E-state index contributed by atoms with van der Waals surface area (Å²) in [5, 5.41) is 0. The first-order valence-corrected chi connectivity index (χ1v) is 8.78. The van der Waals surface area contributed by atoms with Gasteiger partial charge in [0.05, 0.1) is 12.1 Å². The fourth-order valence-corrected chi connectivity index (χ4v) is 3.86. The van der Waals surface area contributed by atoms with E-state index < -0.39 is 0 Å². The van der Waals surface area contributed by atoms with Crippen molar-refractivity contribution < 1.29 is 9.18 Å². The highest BCUT2D eigenvalue weighted by molar-refractivity contribution is 5.96. The van der Waals surface area contributed by atoms with Crippen LogP contribution in [0.5, 0.6) is 0 Å². The standard InChI is InChI=1S/C19H22FN5O/c1-14-9-21-18(22-10-14)24-7-6-19(12-24)13-25(17(26)11-23(19)2)16-5-3-4-15(20)8-16/h3-5,8-10H,6-7,11-13H2,1-2H3. The van der Waals surface area contributed by atoms with Crippen LogP contribution in [0.15, 0.2) is 36.7 Å². The molecule has 1 spiro atoms.